The zero-order valence-corrected chi connectivity index (χ0v) is 17.6. The Morgan fingerprint density at radius 1 is 1.11 bits per heavy atom. The molecule has 1 heterocycles. The second-order valence-electron chi connectivity index (χ2n) is 7.42. The minimum atomic E-state index is -1.21. The van der Waals surface area contributed by atoms with Crippen LogP contribution in [0, 0.1) is 11.8 Å². The number of halogens is 3. The van der Waals surface area contributed by atoms with Gasteiger partial charge in [0.15, 0.2) is 10.6 Å². The summed E-state index contributed by atoms with van der Waals surface area (Å²) in [5.41, 5.74) is 3.53. The Kier molecular flexibility index (Phi) is 8.87. The van der Waals surface area contributed by atoms with Gasteiger partial charge in [-0.1, -0.05) is 67.4 Å². The van der Waals surface area contributed by atoms with Gasteiger partial charge in [-0.2, -0.15) is 0 Å². The van der Waals surface area contributed by atoms with Crippen molar-refractivity contribution in [1.29, 1.82) is 0 Å². The van der Waals surface area contributed by atoms with Crippen molar-refractivity contribution < 1.29 is 14.3 Å². The van der Waals surface area contributed by atoms with E-state index >= 15 is 0 Å². The van der Waals surface area contributed by atoms with Crippen LogP contribution in [0.15, 0.2) is 42.6 Å². The number of aromatic nitrogens is 1. The molecule has 0 radical (unpaired) electrons. The van der Waals surface area contributed by atoms with Gasteiger partial charge in [0.25, 0.3) is 0 Å². The summed E-state index contributed by atoms with van der Waals surface area (Å²) in [4.78, 5) is 15.0. The minimum absolute atomic E-state index is 0.209. The highest BCUT2D eigenvalue weighted by Gasteiger charge is 2.26. The summed E-state index contributed by atoms with van der Waals surface area (Å²) in [7, 11) is 0. The van der Waals surface area contributed by atoms with Gasteiger partial charge in [0.1, 0.15) is 0 Å². The molecule has 3 nitrogen and oxygen atoms in total. The molecule has 2 rings (SSSR count). The first-order valence-electron chi connectivity index (χ1n) is 9.42. The van der Waals surface area contributed by atoms with Gasteiger partial charge >= 0.3 is 0 Å². The third-order valence-corrected chi connectivity index (χ3v) is 5.23. The topological polar surface area (TPSA) is 50.2 Å². The number of Topliss-reactive ketones (excluding diaryl/α,β-unsaturated/α-hetero) is 1. The second kappa shape index (κ2) is 10.9. The van der Waals surface area contributed by atoms with Crippen LogP contribution >= 0.6 is 23.2 Å². The van der Waals surface area contributed by atoms with E-state index in [0.29, 0.717) is 11.5 Å². The number of aryl methyl sites for hydroxylation is 1. The number of alkyl halides is 3. The van der Waals surface area contributed by atoms with Crippen LogP contribution in [-0.4, -0.2) is 27.4 Å². The summed E-state index contributed by atoms with van der Waals surface area (Å²) in [6, 6.07) is 11.2. The standard InChI is InChI=1S/C22H26Cl2FNO2/c1-14(2)3-9-19-10-8-17(13-26-19)15-4-6-16(7-5-15)21(28)18(12-25)11-20(27)22(23)24/h4-8,10,13-14,18,21-22,28H,3,9,11-12H2,1-2H3/t18-,21-/m1/s1. The number of pyridine rings is 1. The molecule has 28 heavy (non-hydrogen) atoms. The SMILES string of the molecule is CC(C)CCc1ccc(-c2ccc([C@@H](O)[C@@H](CF)CC(=O)C(Cl)Cl)cc2)cn1. The highest BCUT2D eigenvalue weighted by Crippen LogP contribution is 2.29. The van der Waals surface area contributed by atoms with Crippen LogP contribution in [0.3, 0.4) is 0 Å². The first kappa shape index (κ1) is 22.8. The molecule has 0 spiro atoms. The van der Waals surface area contributed by atoms with Crippen molar-refractivity contribution in [3.63, 3.8) is 0 Å². The van der Waals surface area contributed by atoms with Crippen LogP contribution in [0.2, 0.25) is 0 Å². The highest BCUT2D eigenvalue weighted by molar-refractivity contribution is 6.53. The maximum Gasteiger partial charge on any atom is 0.166 e. The lowest BCUT2D eigenvalue weighted by atomic mass is 9.91. The number of aliphatic hydroxyl groups is 1. The third-order valence-electron chi connectivity index (χ3n) is 4.74. The lowest BCUT2D eigenvalue weighted by Crippen LogP contribution is -2.21. The second-order valence-corrected chi connectivity index (χ2v) is 8.52. The molecule has 1 aromatic carbocycles. The lowest BCUT2D eigenvalue weighted by Gasteiger charge is -2.20. The average molecular weight is 426 g/mol. The monoisotopic (exact) mass is 425 g/mol. The molecule has 0 saturated heterocycles. The van der Waals surface area contributed by atoms with Crippen LogP contribution < -0.4 is 0 Å². The molecule has 0 bridgehead atoms. The molecule has 0 saturated carbocycles. The molecule has 0 aliphatic rings. The minimum Gasteiger partial charge on any atom is -0.388 e. The van der Waals surface area contributed by atoms with Gasteiger partial charge in [-0.15, -0.1) is 0 Å². The van der Waals surface area contributed by atoms with Gasteiger partial charge in [0, 0.05) is 29.8 Å². The molecule has 6 heteroatoms. The smallest absolute Gasteiger partial charge is 0.166 e. The van der Waals surface area contributed by atoms with E-state index in [1.165, 1.54) is 0 Å². The largest absolute Gasteiger partial charge is 0.388 e. The molecule has 0 aliphatic heterocycles. The maximum atomic E-state index is 13.3. The first-order chi connectivity index (χ1) is 13.3. The Balaban J connectivity index is 2.06. The van der Waals surface area contributed by atoms with E-state index in [0.717, 1.165) is 29.7 Å². The number of carbonyl (C=O) groups is 1. The van der Waals surface area contributed by atoms with Crippen molar-refractivity contribution in [2.45, 2.75) is 44.1 Å². The van der Waals surface area contributed by atoms with Crippen LogP contribution in [0.5, 0.6) is 0 Å². The number of hydrogen-bond donors (Lipinski definition) is 1. The van der Waals surface area contributed by atoms with Gasteiger partial charge in [-0.05, 0) is 36.0 Å². The summed E-state index contributed by atoms with van der Waals surface area (Å²) < 4.78 is 13.3. The van der Waals surface area contributed by atoms with E-state index < -0.39 is 29.3 Å². The van der Waals surface area contributed by atoms with Crippen molar-refractivity contribution >= 4 is 29.0 Å². The molecule has 0 aliphatic carbocycles. The van der Waals surface area contributed by atoms with Crippen molar-refractivity contribution in [3.8, 4) is 11.1 Å². The molecular formula is C22H26Cl2FNO2. The predicted molar refractivity (Wildman–Crippen MR) is 112 cm³/mol. The van der Waals surface area contributed by atoms with E-state index in [1.807, 2.05) is 30.5 Å². The molecule has 0 fully saturated rings. The normalized spacial score (nSPS) is 13.7. The molecule has 2 aromatic rings. The van der Waals surface area contributed by atoms with E-state index in [9.17, 15) is 14.3 Å². The first-order valence-corrected chi connectivity index (χ1v) is 10.3. The molecule has 1 aromatic heterocycles. The molecule has 1 N–H and O–H groups in total. The number of hydrogen-bond acceptors (Lipinski definition) is 3. The van der Waals surface area contributed by atoms with E-state index in [1.54, 1.807) is 12.1 Å². The van der Waals surface area contributed by atoms with E-state index in [-0.39, 0.29) is 6.42 Å². The summed E-state index contributed by atoms with van der Waals surface area (Å²) in [5.74, 6) is -0.728. The summed E-state index contributed by atoms with van der Waals surface area (Å²) in [6.45, 7) is 3.55. The van der Waals surface area contributed by atoms with Crippen molar-refractivity contribution in [2.75, 3.05) is 6.67 Å². The predicted octanol–water partition coefficient (Wildman–Crippen LogP) is 5.72. The fraction of sp³-hybridized carbons (Fsp3) is 0.455. The van der Waals surface area contributed by atoms with Crippen molar-refractivity contribution in [1.82, 2.24) is 4.98 Å². The van der Waals surface area contributed by atoms with Crippen LogP contribution in [0.4, 0.5) is 4.39 Å². The van der Waals surface area contributed by atoms with Gasteiger partial charge in [0.05, 0.1) is 12.8 Å². The Morgan fingerprint density at radius 3 is 2.25 bits per heavy atom. The number of ketones is 1. The Hall–Kier alpha value is -1.49. The number of nitrogens with zero attached hydrogens (tertiary/aromatic N) is 1. The summed E-state index contributed by atoms with van der Waals surface area (Å²) >= 11 is 11.0. The quantitative estimate of drug-likeness (QED) is 0.495. The Labute approximate surface area is 175 Å². The zero-order chi connectivity index (χ0) is 20.7. The van der Waals surface area contributed by atoms with Gasteiger partial charge in [0.2, 0.25) is 0 Å². The molecule has 0 amide bonds. The van der Waals surface area contributed by atoms with Crippen LogP contribution in [0.1, 0.15) is 44.1 Å². The summed E-state index contributed by atoms with van der Waals surface area (Å²) in [5, 5.41) is 10.4. The summed E-state index contributed by atoms with van der Waals surface area (Å²) in [6.07, 6.45) is 2.58. The zero-order valence-electron chi connectivity index (χ0n) is 16.1. The third kappa shape index (κ3) is 6.54. The fourth-order valence-electron chi connectivity index (χ4n) is 2.92. The molecule has 2 atom stereocenters. The molecule has 0 unspecified atom stereocenters. The van der Waals surface area contributed by atoms with Gasteiger partial charge in [-0.3, -0.25) is 14.2 Å². The average Bonchev–Trinajstić information content (AvgIpc) is 2.70. The Bertz CT molecular complexity index is 748. The lowest BCUT2D eigenvalue weighted by molar-refractivity contribution is -0.119. The van der Waals surface area contributed by atoms with Gasteiger partial charge in [-0.25, -0.2) is 0 Å². The van der Waals surface area contributed by atoms with E-state index in [4.69, 9.17) is 23.2 Å². The number of carbonyl (C=O) groups excluding carboxylic acids is 1. The van der Waals surface area contributed by atoms with Gasteiger partial charge < -0.3 is 5.11 Å². The molecule has 152 valence electrons. The highest BCUT2D eigenvalue weighted by atomic mass is 35.5. The number of aliphatic hydroxyl groups excluding tert-OH is 1. The van der Waals surface area contributed by atoms with Crippen molar-refractivity contribution in [2.24, 2.45) is 11.8 Å². The van der Waals surface area contributed by atoms with E-state index in [2.05, 4.69) is 18.8 Å². The number of benzene rings is 1. The van der Waals surface area contributed by atoms with Crippen LogP contribution in [-0.2, 0) is 11.2 Å². The van der Waals surface area contributed by atoms with Crippen LogP contribution in [0.25, 0.3) is 11.1 Å². The molecular weight excluding hydrogens is 400 g/mol. The Morgan fingerprint density at radius 2 is 1.75 bits per heavy atom. The number of rotatable bonds is 10. The van der Waals surface area contributed by atoms with Crippen molar-refractivity contribution in [3.05, 3.63) is 53.9 Å². The maximum absolute atomic E-state index is 13.3. The fourth-order valence-corrected chi connectivity index (χ4v) is 3.10.